The van der Waals surface area contributed by atoms with Crippen LogP contribution in [0.4, 0.5) is 0 Å². The molecule has 0 aliphatic carbocycles. The van der Waals surface area contributed by atoms with Gasteiger partial charge in [-0.05, 0) is 37.3 Å². The Morgan fingerprint density at radius 1 is 1.18 bits per heavy atom. The summed E-state index contributed by atoms with van der Waals surface area (Å²) in [5.41, 5.74) is 1.78. The fourth-order valence-corrected chi connectivity index (χ4v) is 2.44. The number of rotatable bonds is 3. The van der Waals surface area contributed by atoms with E-state index < -0.39 is 0 Å². The first-order valence-electron chi connectivity index (χ1n) is 7.02. The van der Waals surface area contributed by atoms with Crippen molar-refractivity contribution in [3.05, 3.63) is 65.9 Å². The molecular weight excluding hydrogens is 276 g/mol. The molecular formula is C18H14N2O2. The van der Waals surface area contributed by atoms with Crippen molar-refractivity contribution < 1.29 is 9.53 Å². The van der Waals surface area contributed by atoms with E-state index in [9.17, 15) is 10.1 Å². The molecule has 1 heterocycles. The number of benzene rings is 2. The van der Waals surface area contributed by atoms with Crippen LogP contribution in [0.5, 0.6) is 5.75 Å². The van der Waals surface area contributed by atoms with Crippen LogP contribution in [0.2, 0.25) is 0 Å². The molecule has 0 saturated heterocycles. The van der Waals surface area contributed by atoms with E-state index >= 15 is 0 Å². The lowest BCUT2D eigenvalue weighted by Crippen LogP contribution is -2.10. The Labute approximate surface area is 128 Å². The summed E-state index contributed by atoms with van der Waals surface area (Å²) in [6.45, 7) is 2.50. The number of hydrogen-bond acceptors (Lipinski definition) is 3. The van der Waals surface area contributed by atoms with Crippen molar-refractivity contribution in [2.45, 2.75) is 6.92 Å². The highest BCUT2D eigenvalue weighted by Gasteiger charge is 2.14. The van der Waals surface area contributed by atoms with Crippen LogP contribution in [0, 0.1) is 11.3 Å². The van der Waals surface area contributed by atoms with Crippen molar-refractivity contribution >= 4 is 16.8 Å². The Morgan fingerprint density at radius 2 is 1.91 bits per heavy atom. The average Bonchev–Trinajstić information content (AvgIpc) is 2.94. The fourth-order valence-electron chi connectivity index (χ4n) is 2.44. The van der Waals surface area contributed by atoms with E-state index in [1.807, 2.05) is 31.2 Å². The molecule has 0 N–H and O–H groups in total. The highest BCUT2D eigenvalue weighted by Crippen LogP contribution is 2.22. The van der Waals surface area contributed by atoms with Gasteiger partial charge in [0.2, 0.25) is 0 Å². The molecule has 4 heteroatoms. The summed E-state index contributed by atoms with van der Waals surface area (Å²) in [7, 11) is 0. The second kappa shape index (κ2) is 5.74. The molecule has 0 fully saturated rings. The fraction of sp³-hybridized carbons (Fsp3) is 0.111. The SMILES string of the molecule is CCOc1ccc(C(=O)n2cc(C#N)c3ccccc32)cc1. The monoisotopic (exact) mass is 290 g/mol. The predicted octanol–water partition coefficient (Wildman–Crippen LogP) is 3.60. The molecule has 0 amide bonds. The van der Waals surface area contributed by atoms with Crippen LogP contribution in [0.1, 0.15) is 22.8 Å². The molecule has 2 aromatic carbocycles. The second-order valence-electron chi connectivity index (χ2n) is 4.80. The van der Waals surface area contributed by atoms with E-state index in [4.69, 9.17) is 4.74 Å². The van der Waals surface area contributed by atoms with Crippen LogP contribution in [-0.2, 0) is 0 Å². The van der Waals surface area contributed by atoms with Gasteiger partial charge in [-0.1, -0.05) is 18.2 Å². The van der Waals surface area contributed by atoms with Crippen LogP contribution >= 0.6 is 0 Å². The molecule has 3 aromatic rings. The van der Waals surface area contributed by atoms with Crippen LogP contribution in [0.3, 0.4) is 0 Å². The number of para-hydroxylation sites is 1. The van der Waals surface area contributed by atoms with Crippen LogP contribution in [0.15, 0.2) is 54.7 Å². The molecule has 0 aliphatic rings. The third-order valence-electron chi connectivity index (χ3n) is 3.46. The summed E-state index contributed by atoms with van der Waals surface area (Å²) < 4.78 is 6.89. The number of nitriles is 1. The molecule has 108 valence electrons. The Hall–Kier alpha value is -3.06. The van der Waals surface area contributed by atoms with Crippen molar-refractivity contribution in [2.24, 2.45) is 0 Å². The maximum atomic E-state index is 12.7. The first kappa shape index (κ1) is 13.9. The van der Waals surface area contributed by atoms with E-state index in [2.05, 4.69) is 6.07 Å². The number of carbonyl (C=O) groups is 1. The van der Waals surface area contributed by atoms with Gasteiger partial charge in [-0.2, -0.15) is 5.26 Å². The Kier molecular flexibility index (Phi) is 3.63. The average molecular weight is 290 g/mol. The topological polar surface area (TPSA) is 55.0 Å². The van der Waals surface area contributed by atoms with Crippen molar-refractivity contribution in [3.63, 3.8) is 0 Å². The largest absolute Gasteiger partial charge is 0.494 e. The number of carbonyl (C=O) groups excluding carboxylic acids is 1. The highest BCUT2D eigenvalue weighted by atomic mass is 16.5. The molecule has 0 bridgehead atoms. The minimum Gasteiger partial charge on any atom is -0.494 e. The van der Waals surface area contributed by atoms with Gasteiger partial charge in [0.1, 0.15) is 11.8 Å². The van der Waals surface area contributed by atoms with Crippen molar-refractivity contribution in [2.75, 3.05) is 6.61 Å². The zero-order chi connectivity index (χ0) is 15.5. The van der Waals surface area contributed by atoms with Gasteiger partial charge in [0, 0.05) is 17.1 Å². The zero-order valence-corrected chi connectivity index (χ0v) is 12.1. The smallest absolute Gasteiger partial charge is 0.262 e. The van der Waals surface area contributed by atoms with E-state index in [-0.39, 0.29) is 5.91 Å². The molecule has 3 rings (SSSR count). The maximum absolute atomic E-state index is 12.7. The Morgan fingerprint density at radius 3 is 2.59 bits per heavy atom. The molecule has 0 unspecified atom stereocenters. The summed E-state index contributed by atoms with van der Waals surface area (Å²) in [5, 5.41) is 9.99. The molecule has 0 spiro atoms. The van der Waals surface area contributed by atoms with E-state index in [0.717, 1.165) is 16.7 Å². The summed E-state index contributed by atoms with van der Waals surface area (Å²) >= 11 is 0. The van der Waals surface area contributed by atoms with Crippen molar-refractivity contribution in [1.29, 1.82) is 5.26 Å². The van der Waals surface area contributed by atoms with Crippen molar-refractivity contribution in [3.8, 4) is 11.8 Å². The van der Waals surface area contributed by atoms with Gasteiger partial charge in [-0.3, -0.25) is 9.36 Å². The molecule has 0 aliphatic heterocycles. The quantitative estimate of drug-likeness (QED) is 0.740. The maximum Gasteiger partial charge on any atom is 0.262 e. The summed E-state index contributed by atoms with van der Waals surface area (Å²) in [6, 6.07) is 16.5. The van der Waals surface area contributed by atoms with E-state index in [1.54, 1.807) is 30.5 Å². The highest BCUT2D eigenvalue weighted by molar-refractivity contribution is 6.03. The van der Waals surface area contributed by atoms with Gasteiger partial charge in [0.15, 0.2) is 0 Å². The molecule has 22 heavy (non-hydrogen) atoms. The number of fused-ring (bicyclic) bond motifs is 1. The summed E-state index contributed by atoms with van der Waals surface area (Å²) in [6.07, 6.45) is 1.59. The molecule has 0 radical (unpaired) electrons. The molecule has 4 nitrogen and oxygen atoms in total. The predicted molar refractivity (Wildman–Crippen MR) is 84.0 cm³/mol. The van der Waals surface area contributed by atoms with Gasteiger partial charge < -0.3 is 4.74 Å². The van der Waals surface area contributed by atoms with Crippen LogP contribution in [0.25, 0.3) is 10.9 Å². The van der Waals surface area contributed by atoms with Gasteiger partial charge >= 0.3 is 0 Å². The van der Waals surface area contributed by atoms with Gasteiger partial charge in [-0.15, -0.1) is 0 Å². The molecule has 0 saturated carbocycles. The first-order chi connectivity index (χ1) is 10.7. The van der Waals surface area contributed by atoms with Gasteiger partial charge in [-0.25, -0.2) is 0 Å². The Bertz CT molecular complexity index is 870. The van der Waals surface area contributed by atoms with Crippen LogP contribution in [-0.4, -0.2) is 17.1 Å². The number of hydrogen-bond donors (Lipinski definition) is 0. The minimum atomic E-state index is -0.166. The minimum absolute atomic E-state index is 0.166. The lowest BCUT2D eigenvalue weighted by molar-refractivity contribution is 0.0965. The number of aromatic nitrogens is 1. The van der Waals surface area contributed by atoms with E-state index in [0.29, 0.717) is 17.7 Å². The third kappa shape index (κ3) is 2.33. The Balaban J connectivity index is 2.04. The standard InChI is InChI=1S/C18H14N2O2/c1-2-22-15-9-7-13(8-10-15)18(21)20-12-14(11-19)16-5-3-4-6-17(16)20/h3-10,12H,2H2,1H3. The lowest BCUT2D eigenvalue weighted by Gasteiger charge is -2.06. The number of ether oxygens (including phenoxy) is 1. The first-order valence-corrected chi connectivity index (χ1v) is 7.02. The third-order valence-corrected chi connectivity index (χ3v) is 3.46. The number of nitrogens with zero attached hydrogens (tertiary/aromatic N) is 2. The molecule has 1 aromatic heterocycles. The molecule has 0 atom stereocenters. The lowest BCUT2D eigenvalue weighted by atomic mass is 10.2. The summed E-state index contributed by atoms with van der Waals surface area (Å²) in [5.74, 6) is 0.565. The van der Waals surface area contributed by atoms with Crippen LogP contribution < -0.4 is 4.74 Å². The van der Waals surface area contributed by atoms with E-state index in [1.165, 1.54) is 4.57 Å². The second-order valence-corrected chi connectivity index (χ2v) is 4.80. The zero-order valence-electron chi connectivity index (χ0n) is 12.1. The normalized spacial score (nSPS) is 10.4. The van der Waals surface area contributed by atoms with Crippen molar-refractivity contribution in [1.82, 2.24) is 4.57 Å². The van der Waals surface area contributed by atoms with Gasteiger partial charge in [0.25, 0.3) is 5.91 Å². The van der Waals surface area contributed by atoms with Gasteiger partial charge in [0.05, 0.1) is 17.7 Å². The summed E-state index contributed by atoms with van der Waals surface area (Å²) in [4.78, 5) is 12.7.